The minimum absolute atomic E-state index is 0.0472. The van der Waals surface area contributed by atoms with Crippen molar-refractivity contribution in [1.29, 1.82) is 0 Å². The van der Waals surface area contributed by atoms with Gasteiger partial charge in [0.1, 0.15) is 5.75 Å². The number of phenols is 1. The number of benzene rings is 1. The predicted octanol–water partition coefficient (Wildman–Crippen LogP) is 0.803. The molecule has 0 bridgehead atoms. The first-order valence-electron chi connectivity index (χ1n) is 4.08. The van der Waals surface area contributed by atoms with Gasteiger partial charge in [-0.15, -0.1) is 0 Å². The summed E-state index contributed by atoms with van der Waals surface area (Å²) in [5.74, 6) is 0.203. The molecule has 1 heterocycles. The lowest BCUT2D eigenvalue weighted by Crippen LogP contribution is -1.91. The lowest BCUT2D eigenvalue weighted by Gasteiger charge is -1.96. The number of aromatic nitrogens is 2. The lowest BCUT2D eigenvalue weighted by atomic mass is 10.1. The highest BCUT2D eigenvalue weighted by molar-refractivity contribution is 5.87. The molecule has 0 aliphatic heterocycles. The first kappa shape index (κ1) is 8.07. The molecule has 2 rings (SSSR count). The maximum absolute atomic E-state index is 9.53. The lowest BCUT2D eigenvalue weighted by molar-refractivity contribution is 0.298. The van der Waals surface area contributed by atoms with E-state index in [-0.39, 0.29) is 12.4 Å². The van der Waals surface area contributed by atoms with E-state index >= 15 is 0 Å². The zero-order valence-electron chi connectivity index (χ0n) is 6.99. The molecule has 0 radical (unpaired) electrons. The molecular weight excluding hydrogens is 168 g/mol. The molecule has 0 aliphatic carbocycles. The Labute approximate surface area is 74.8 Å². The van der Waals surface area contributed by atoms with E-state index in [1.807, 2.05) is 6.07 Å². The first-order chi connectivity index (χ1) is 6.33. The molecule has 3 N–H and O–H groups in total. The number of H-pyrrole nitrogens is 1. The number of nitrogens with one attached hydrogen (secondary N) is 1. The van der Waals surface area contributed by atoms with Crippen molar-refractivity contribution in [1.82, 2.24) is 10.2 Å². The van der Waals surface area contributed by atoms with Gasteiger partial charge in [0.15, 0.2) is 0 Å². The molecule has 4 nitrogen and oxygen atoms in total. The topological polar surface area (TPSA) is 69.1 Å². The summed E-state index contributed by atoms with van der Waals surface area (Å²) in [6.45, 7) is 0.0472. The van der Waals surface area contributed by atoms with Gasteiger partial charge < -0.3 is 10.2 Å². The second-order valence-electron chi connectivity index (χ2n) is 2.85. The van der Waals surface area contributed by atoms with Crippen LogP contribution in [0.1, 0.15) is 5.69 Å². The summed E-state index contributed by atoms with van der Waals surface area (Å²) >= 11 is 0. The molecule has 0 saturated heterocycles. The highest BCUT2D eigenvalue weighted by Gasteiger charge is 2.07. The second kappa shape index (κ2) is 3.06. The normalized spacial score (nSPS) is 10.8. The van der Waals surface area contributed by atoms with Gasteiger partial charge in [0.25, 0.3) is 0 Å². The molecule has 0 unspecified atom stereocenters. The number of nitrogens with zero attached hydrogens (tertiary/aromatic N) is 1. The summed E-state index contributed by atoms with van der Waals surface area (Å²) in [6, 6.07) is 5.16. The maximum atomic E-state index is 9.53. The Morgan fingerprint density at radius 3 is 3.00 bits per heavy atom. The molecule has 1 aromatic carbocycles. The molecule has 1 aromatic heterocycles. The van der Waals surface area contributed by atoms with Gasteiger partial charge in [-0.05, 0) is 12.1 Å². The van der Waals surface area contributed by atoms with Crippen molar-refractivity contribution < 1.29 is 10.2 Å². The molecule has 4 heteroatoms. The molecule has 0 spiro atoms. The minimum atomic E-state index is 0.0472. The molecule has 0 atom stereocenters. The molecule has 0 amide bonds. The van der Waals surface area contributed by atoms with Crippen LogP contribution in [0, 0.1) is 0 Å². The van der Waals surface area contributed by atoms with E-state index in [0.29, 0.717) is 11.8 Å². The quantitative estimate of drug-likeness (QED) is 0.637. The van der Waals surface area contributed by atoms with Crippen LogP contribution in [0.5, 0.6) is 5.75 Å². The maximum Gasteiger partial charge on any atom is 0.126 e. The van der Waals surface area contributed by atoms with Gasteiger partial charge in [0, 0.05) is 18.7 Å². The zero-order valence-corrected chi connectivity index (χ0v) is 6.99. The third-order valence-electron chi connectivity index (χ3n) is 2.00. The number of aromatic hydroxyl groups is 1. The summed E-state index contributed by atoms with van der Waals surface area (Å²) in [6.07, 6.45) is 0.480. The van der Waals surface area contributed by atoms with Crippen molar-refractivity contribution in [2.24, 2.45) is 0 Å². The summed E-state index contributed by atoms with van der Waals surface area (Å²) in [4.78, 5) is 0. The van der Waals surface area contributed by atoms with Crippen LogP contribution < -0.4 is 0 Å². The van der Waals surface area contributed by atoms with Crippen molar-refractivity contribution >= 4 is 10.9 Å². The average molecular weight is 178 g/mol. The Kier molecular flexibility index (Phi) is 1.90. The molecule has 0 fully saturated rings. The summed E-state index contributed by atoms with van der Waals surface area (Å²) in [7, 11) is 0. The summed E-state index contributed by atoms with van der Waals surface area (Å²) in [5, 5.41) is 25.8. The van der Waals surface area contributed by atoms with E-state index in [2.05, 4.69) is 10.2 Å². The van der Waals surface area contributed by atoms with Gasteiger partial charge in [0.2, 0.25) is 0 Å². The van der Waals surface area contributed by atoms with Gasteiger partial charge >= 0.3 is 0 Å². The Balaban J connectivity index is 2.64. The highest BCUT2D eigenvalue weighted by atomic mass is 16.3. The van der Waals surface area contributed by atoms with E-state index in [0.717, 1.165) is 11.2 Å². The van der Waals surface area contributed by atoms with Crippen molar-refractivity contribution in [3.63, 3.8) is 0 Å². The molecule has 0 saturated carbocycles. The van der Waals surface area contributed by atoms with Crippen LogP contribution >= 0.6 is 0 Å². The smallest absolute Gasteiger partial charge is 0.126 e. The number of aromatic amines is 1. The van der Waals surface area contributed by atoms with Crippen LogP contribution in [0.3, 0.4) is 0 Å². The number of hydrogen-bond donors (Lipinski definition) is 3. The molecule has 2 aromatic rings. The summed E-state index contributed by atoms with van der Waals surface area (Å²) < 4.78 is 0. The van der Waals surface area contributed by atoms with Crippen LogP contribution in [0.4, 0.5) is 0 Å². The largest absolute Gasteiger partial charge is 0.507 e. The van der Waals surface area contributed by atoms with Crippen molar-refractivity contribution in [3.8, 4) is 5.75 Å². The fraction of sp³-hybridized carbons (Fsp3) is 0.222. The monoisotopic (exact) mass is 178 g/mol. The summed E-state index contributed by atoms with van der Waals surface area (Å²) in [5.41, 5.74) is 1.50. The number of phenolic OH excluding ortho intramolecular Hbond substituents is 1. The van der Waals surface area contributed by atoms with Gasteiger partial charge in [-0.2, -0.15) is 5.10 Å². The number of aliphatic hydroxyl groups excluding tert-OH is 1. The van der Waals surface area contributed by atoms with E-state index in [4.69, 9.17) is 5.11 Å². The van der Waals surface area contributed by atoms with Gasteiger partial charge in [0.05, 0.1) is 10.9 Å². The van der Waals surface area contributed by atoms with Crippen LogP contribution in [0.2, 0.25) is 0 Å². The number of aliphatic hydroxyl groups is 1. The van der Waals surface area contributed by atoms with Crippen molar-refractivity contribution in [2.75, 3.05) is 6.61 Å². The number of fused-ring (bicyclic) bond motifs is 1. The van der Waals surface area contributed by atoms with Crippen LogP contribution in [0.15, 0.2) is 18.2 Å². The first-order valence-corrected chi connectivity index (χ1v) is 4.08. The number of hydrogen-bond acceptors (Lipinski definition) is 3. The Hall–Kier alpha value is -1.55. The Morgan fingerprint density at radius 2 is 2.23 bits per heavy atom. The highest BCUT2D eigenvalue weighted by Crippen LogP contribution is 2.25. The van der Waals surface area contributed by atoms with E-state index in [1.165, 1.54) is 0 Å². The van der Waals surface area contributed by atoms with E-state index < -0.39 is 0 Å². The third kappa shape index (κ3) is 1.25. The van der Waals surface area contributed by atoms with Crippen LogP contribution in [-0.4, -0.2) is 27.0 Å². The van der Waals surface area contributed by atoms with E-state index in [9.17, 15) is 5.11 Å². The van der Waals surface area contributed by atoms with Gasteiger partial charge in [-0.1, -0.05) is 6.07 Å². The SMILES string of the molecule is OCCc1[nH]nc2cccc(O)c12. The molecule has 68 valence electrons. The average Bonchev–Trinajstić information content (AvgIpc) is 2.51. The van der Waals surface area contributed by atoms with Crippen molar-refractivity contribution in [2.45, 2.75) is 6.42 Å². The standard InChI is InChI=1S/C9H10N2O2/c12-5-4-7-9-6(10-11-7)2-1-3-8(9)13/h1-3,12-13H,4-5H2,(H,10,11). The number of rotatable bonds is 2. The fourth-order valence-electron chi connectivity index (χ4n) is 1.41. The Morgan fingerprint density at radius 1 is 1.38 bits per heavy atom. The second-order valence-corrected chi connectivity index (χ2v) is 2.85. The molecule has 13 heavy (non-hydrogen) atoms. The van der Waals surface area contributed by atoms with Crippen molar-refractivity contribution in [3.05, 3.63) is 23.9 Å². The molecule has 0 aliphatic rings. The van der Waals surface area contributed by atoms with Gasteiger partial charge in [-0.25, -0.2) is 0 Å². The van der Waals surface area contributed by atoms with Crippen LogP contribution in [0.25, 0.3) is 10.9 Å². The Bertz CT molecular complexity index is 422. The molecular formula is C9H10N2O2. The van der Waals surface area contributed by atoms with Gasteiger partial charge in [-0.3, -0.25) is 5.10 Å². The fourth-order valence-corrected chi connectivity index (χ4v) is 1.41. The zero-order chi connectivity index (χ0) is 9.26. The third-order valence-corrected chi connectivity index (χ3v) is 2.00. The predicted molar refractivity (Wildman–Crippen MR) is 48.5 cm³/mol. The van der Waals surface area contributed by atoms with Crippen LogP contribution in [-0.2, 0) is 6.42 Å². The van der Waals surface area contributed by atoms with E-state index in [1.54, 1.807) is 12.1 Å². The minimum Gasteiger partial charge on any atom is -0.507 e.